The number of carbonyl (C=O) groups is 1. The van der Waals surface area contributed by atoms with E-state index in [1.165, 1.54) is 6.42 Å². The van der Waals surface area contributed by atoms with Crippen molar-refractivity contribution in [2.45, 2.75) is 65.2 Å². The van der Waals surface area contributed by atoms with Crippen LogP contribution in [-0.4, -0.2) is 36.1 Å². The lowest BCUT2D eigenvalue weighted by Gasteiger charge is -2.35. The quantitative estimate of drug-likeness (QED) is 0.486. The summed E-state index contributed by atoms with van der Waals surface area (Å²) in [6.07, 6.45) is 15.4. The van der Waals surface area contributed by atoms with E-state index < -0.39 is 5.41 Å². The van der Waals surface area contributed by atoms with Crippen molar-refractivity contribution in [2.24, 2.45) is 23.2 Å². The molecule has 1 N–H and O–H groups in total. The van der Waals surface area contributed by atoms with Crippen LogP contribution in [0.25, 0.3) is 0 Å². The van der Waals surface area contributed by atoms with Crippen LogP contribution in [0.4, 0.5) is 5.69 Å². The Labute approximate surface area is 227 Å². The first-order chi connectivity index (χ1) is 18.2. The minimum absolute atomic E-state index is 0.143. The summed E-state index contributed by atoms with van der Waals surface area (Å²) in [5, 5.41) is 13.2. The average molecular weight is 513 g/mol. The highest BCUT2D eigenvalue weighted by Gasteiger charge is 2.57. The fraction of sp³-hybridized carbons (Fsp3) is 0.531. The molecule has 38 heavy (non-hydrogen) atoms. The summed E-state index contributed by atoms with van der Waals surface area (Å²) >= 11 is 0. The van der Waals surface area contributed by atoms with Gasteiger partial charge >= 0.3 is 0 Å². The molecular formula is C32H40N4O2. The number of nitrogens with zero attached hydrogens (tertiary/aromatic N) is 3. The van der Waals surface area contributed by atoms with Gasteiger partial charge in [0.25, 0.3) is 5.91 Å². The molecule has 2 heterocycles. The number of hydrogen-bond acceptors (Lipinski definition) is 5. The fourth-order valence-corrected chi connectivity index (χ4v) is 6.54. The van der Waals surface area contributed by atoms with E-state index in [1.54, 1.807) is 13.3 Å². The molecule has 5 rings (SSSR count). The van der Waals surface area contributed by atoms with E-state index in [0.29, 0.717) is 34.4 Å². The van der Waals surface area contributed by atoms with E-state index in [9.17, 15) is 10.1 Å². The van der Waals surface area contributed by atoms with Gasteiger partial charge in [0.15, 0.2) is 0 Å². The van der Waals surface area contributed by atoms with Gasteiger partial charge in [0.05, 0.1) is 34.6 Å². The maximum atomic E-state index is 13.4. The molecule has 4 aliphatic rings. The normalized spacial score (nSPS) is 32.5. The number of amides is 1. The van der Waals surface area contributed by atoms with Gasteiger partial charge in [0.2, 0.25) is 0 Å². The van der Waals surface area contributed by atoms with Crippen molar-refractivity contribution in [2.75, 3.05) is 25.6 Å². The van der Waals surface area contributed by atoms with Crippen LogP contribution in [0.3, 0.4) is 0 Å². The largest absolute Gasteiger partial charge is 0.384 e. The van der Waals surface area contributed by atoms with Crippen LogP contribution >= 0.6 is 0 Å². The molecule has 0 bridgehead atoms. The van der Waals surface area contributed by atoms with Gasteiger partial charge in [0, 0.05) is 31.7 Å². The maximum absolute atomic E-state index is 13.4. The predicted octanol–water partition coefficient (Wildman–Crippen LogP) is 6.27. The molecule has 200 valence electrons. The third kappa shape index (κ3) is 4.85. The molecule has 6 heteroatoms. The molecule has 1 aromatic heterocycles. The van der Waals surface area contributed by atoms with Gasteiger partial charge in [-0.25, -0.2) is 0 Å². The highest BCUT2D eigenvalue weighted by molar-refractivity contribution is 6.06. The van der Waals surface area contributed by atoms with Crippen molar-refractivity contribution in [3.8, 4) is 6.07 Å². The summed E-state index contributed by atoms with van der Waals surface area (Å²) in [5.74, 6) is 1.46. The highest BCUT2D eigenvalue weighted by atomic mass is 16.5. The van der Waals surface area contributed by atoms with Crippen LogP contribution in [0.5, 0.6) is 0 Å². The van der Waals surface area contributed by atoms with Crippen LogP contribution in [0, 0.1) is 34.5 Å². The van der Waals surface area contributed by atoms with Gasteiger partial charge < -0.3 is 15.0 Å². The molecule has 6 nitrogen and oxygen atoms in total. The lowest BCUT2D eigenvalue weighted by Crippen LogP contribution is -2.33. The van der Waals surface area contributed by atoms with E-state index in [2.05, 4.69) is 60.3 Å². The molecular weight excluding hydrogens is 472 g/mol. The third-order valence-electron chi connectivity index (χ3n) is 9.53. The van der Waals surface area contributed by atoms with Crippen molar-refractivity contribution in [1.29, 1.82) is 5.26 Å². The third-order valence-corrected chi connectivity index (χ3v) is 9.53. The zero-order valence-corrected chi connectivity index (χ0v) is 23.4. The van der Waals surface area contributed by atoms with Gasteiger partial charge in [-0.1, -0.05) is 31.6 Å². The Hall–Kier alpha value is -3.17. The molecule has 0 radical (unpaired) electrons. The van der Waals surface area contributed by atoms with Gasteiger partial charge in [-0.3, -0.25) is 9.78 Å². The summed E-state index contributed by atoms with van der Waals surface area (Å²) in [6, 6.07) is 6.41. The van der Waals surface area contributed by atoms with E-state index in [1.807, 2.05) is 25.1 Å². The molecule has 0 saturated heterocycles. The first kappa shape index (κ1) is 26.4. The minimum Gasteiger partial charge on any atom is -0.384 e. The second kappa shape index (κ2) is 10.2. The number of carbonyl (C=O) groups excluding carboxylic acids is 1. The molecule has 3 atom stereocenters. The van der Waals surface area contributed by atoms with Crippen molar-refractivity contribution in [1.82, 2.24) is 9.88 Å². The Bertz CT molecular complexity index is 1260. The molecule has 1 aromatic rings. The second-order valence-corrected chi connectivity index (χ2v) is 12.0. The monoisotopic (exact) mass is 512 g/mol. The first-order valence-corrected chi connectivity index (χ1v) is 13.9. The molecule has 0 aromatic carbocycles. The number of rotatable bonds is 6. The SMILES string of the molecule is COCC1CC12CCC(C#N)(c1ccc(NC(=O)C3=C(C)N(C4=CC(C)C(C)C=C4)CC(C)=C3)cn1)CC2. The average Bonchev–Trinajstić information content (AvgIpc) is 3.59. The van der Waals surface area contributed by atoms with Crippen LogP contribution in [0.2, 0.25) is 0 Å². The standard InChI is InChI=1S/C32H40N4O2/c1-21-14-28(24(4)36(18-21)27-8-6-22(2)23(3)15-27)30(37)35-26-7-9-29(34-17-26)32(20-33)12-10-31(11-13-32)16-25(31)19-38-5/h6-9,14-15,17,22-23,25H,10-13,16,18-19H2,1-5H3,(H,35,37). The molecule has 2 saturated carbocycles. The number of hydrogen-bond donors (Lipinski definition) is 1. The lowest BCUT2D eigenvalue weighted by atomic mass is 9.67. The highest BCUT2D eigenvalue weighted by Crippen LogP contribution is 2.64. The Morgan fingerprint density at radius 2 is 1.97 bits per heavy atom. The van der Waals surface area contributed by atoms with Gasteiger partial charge in [0.1, 0.15) is 0 Å². The molecule has 1 aliphatic heterocycles. The first-order valence-electron chi connectivity index (χ1n) is 13.9. The summed E-state index contributed by atoms with van der Waals surface area (Å²) in [6.45, 7) is 10.1. The van der Waals surface area contributed by atoms with Crippen molar-refractivity contribution in [3.05, 3.63) is 70.9 Å². The van der Waals surface area contributed by atoms with Crippen LogP contribution < -0.4 is 5.32 Å². The number of aromatic nitrogens is 1. The fourth-order valence-electron chi connectivity index (χ4n) is 6.54. The summed E-state index contributed by atoms with van der Waals surface area (Å²) in [5.41, 5.74) is 5.18. The summed E-state index contributed by atoms with van der Waals surface area (Å²) in [4.78, 5) is 20.3. The molecule has 3 aliphatic carbocycles. The molecule has 1 spiro atoms. The maximum Gasteiger partial charge on any atom is 0.257 e. The Morgan fingerprint density at radius 3 is 2.61 bits per heavy atom. The zero-order chi connectivity index (χ0) is 27.1. The summed E-state index contributed by atoms with van der Waals surface area (Å²) in [7, 11) is 1.77. The smallest absolute Gasteiger partial charge is 0.257 e. The van der Waals surface area contributed by atoms with Crippen molar-refractivity contribution in [3.63, 3.8) is 0 Å². The van der Waals surface area contributed by atoms with Crippen molar-refractivity contribution < 1.29 is 9.53 Å². The van der Waals surface area contributed by atoms with Crippen molar-refractivity contribution >= 4 is 11.6 Å². The lowest BCUT2D eigenvalue weighted by molar-refractivity contribution is -0.112. The van der Waals surface area contributed by atoms with Crippen LogP contribution in [-0.2, 0) is 14.9 Å². The number of anilines is 1. The number of allylic oxidation sites excluding steroid dienone is 4. The van der Waals surface area contributed by atoms with E-state index in [0.717, 1.165) is 61.5 Å². The van der Waals surface area contributed by atoms with Crippen LogP contribution in [0.15, 0.2) is 65.2 Å². The van der Waals surface area contributed by atoms with E-state index in [-0.39, 0.29) is 5.91 Å². The Morgan fingerprint density at radius 1 is 1.21 bits per heavy atom. The Kier molecular flexibility index (Phi) is 7.09. The Balaban J connectivity index is 1.28. The van der Waals surface area contributed by atoms with Gasteiger partial charge in [-0.2, -0.15) is 5.26 Å². The molecule has 3 unspecified atom stereocenters. The number of nitriles is 1. The topological polar surface area (TPSA) is 78.2 Å². The van der Waals surface area contributed by atoms with Gasteiger partial charge in [-0.05, 0) is 93.4 Å². The van der Waals surface area contributed by atoms with Gasteiger partial charge in [-0.15, -0.1) is 0 Å². The summed E-state index contributed by atoms with van der Waals surface area (Å²) < 4.78 is 5.38. The predicted molar refractivity (Wildman–Crippen MR) is 150 cm³/mol. The zero-order valence-electron chi connectivity index (χ0n) is 23.4. The number of pyridine rings is 1. The van der Waals surface area contributed by atoms with E-state index in [4.69, 9.17) is 4.74 Å². The second-order valence-electron chi connectivity index (χ2n) is 12.0. The van der Waals surface area contributed by atoms with E-state index >= 15 is 0 Å². The molecule has 2 fully saturated rings. The number of nitrogens with one attached hydrogen (secondary N) is 1. The number of ether oxygens (including phenoxy) is 1. The number of methoxy groups -OCH3 is 1. The molecule has 1 amide bonds. The van der Waals surface area contributed by atoms with Crippen LogP contribution in [0.1, 0.15) is 65.5 Å². The minimum atomic E-state index is -0.549.